The van der Waals surface area contributed by atoms with Crippen molar-refractivity contribution in [3.63, 3.8) is 0 Å². The highest BCUT2D eigenvalue weighted by atomic mass is 16.7. The molecule has 3 rings (SSSR count). The molecular formula is C17H19NO3. The molecule has 0 aliphatic carbocycles. The molecule has 4 heteroatoms. The van der Waals surface area contributed by atoms with Crippen molar-refractivity contribution in [2.24, 2.45) is 0 Å². The topological polar surface area (TPSA) is 51.5 Å². The third-order valence-electron chi connectivity index (χ3n) is 3.79. The van der Waals surface area contributed by atoms with Crippen LogP contribution in [0.3, 0.4) is 0 Å². The molecule has 1 aromatic carbocycles. The molecule has 2 atom stereocenters. The van der Waals surface area contributed by atoms with Crippen molar-refractivity contribution in [2.75, 3.05) is 13.2 Å². The van der Waals surface area contributed by atoms with Gasteiger partial charge < -0.3 is 14.2 Å². The Labute approximate surface area is 124 Å². The number of nitrogens with zero attached hydrogens (tertiary/aromatic N) is 1. The van der Waals surface area contributed by atoms with Crippen LogP contribution in [0.4, 0.5) is 0 Å². The van der Waals surface area contributed by atoms with Gasteiger partial charge in [0, 0.05) is 12.2 Å². The SMILES string of the molecule is CC1(COC2CCCCO2)C=Cc2cc(C#N)ccc2O1. The third-order valence-corrected chi connectivity index (χ3v) is 3.79. The van der Waals surface area contributed by atoms with Crippen LogP contribution in [0, 0.1) is 11.3 Å². The van der Waals surface area contributed by atoms with Crippen LogP contribution in [-0.2, 0) is 9.47 Å². The van der Waals surface area contributed by atoms with Crippen molar-refractivity contribution in [3.8, 4) is 11.8 Å². The lowest BCUT2D eigenvalue weighted by molar-refractivity contribution is -0.179. The molecule has 0 spiro atoms. The molecule has 0 aromatic heterocycles. The highest BCUT2D eigenvalue weighted by molar-refractivity contribution is 5.63. The summed E-state index contributed by atoms with van der Waals surface area (Å²) < 4.78 is 17.4. The smallest absolute Gasteiger partial charge is 0.157 e. The number of hydrogen-bond acceptors (Lipinski definition) is 4. The van der Waals surface area contributed by atoms with E-state index in [2.05, 4.69) is 6.07 Å². The number of ether oxygens (including phenoxy) is 3. The maximum absolute atomic E-state index is 8.92. The normalized spacial score (nSPS) is 27.5. The highest BCUT2D eigenvalue weighted by Gasteiger charge is 2.29. The zero-order chi connectivity index (χ0) is 14.7. The third kappa shape index (κ3) is 3.26. The molecule has 2 aliphatic heterocycles. The van der Waals surface area contributed by atoms with Crippen LogP contribution in [-0.4, -0.2) is 25.1 Å². The van der Waals surface area contributed by atoms with Gasteiger partial charge in [-0.2, -0.15) is 5.26 Å². The van der Waals surface area contributed by atoms with E-state index in [1.165, 1.54) is 0 Å². The molecule has 0 amide bonds. The summed E-state index contributed by atoms with van der Waals surface area (Å²) in [6.07, 6.45) is 7.07. The second kappa shape index (κ2) is 5.88. The van der Waals surface area contributed by atoms with Crippen LogP contribution in [0.15, 0.2) is 24.3 Å². The van der Waals surface area contributed by atoms with Crippen molar-refractivity contribution in [1.82, 2.24) is 0 Å². The van der Waals surface area contributed by atoms with Gasteiger partial charge in [-0.15, -0.1) is 0 Å². The zero-order valence-corrected chi connectivity index (χ0v) is 12.2. The molecule has 2 aliphatic rings. The van der Waals surface area contributed by atoms with Gasteiger partial charge in [0.25, 0.3) is 0 Å². The number of fused-ring (bicyclic) bond motifs is 1. The Morgan fingerprint density at radius 1 is 1.43 bits per heavy atom. The summed E-state index contributed by atoms with van der Waals surface area (Å²) in [6.45, 7) is 3.22. The van der Waals surface area contributed by atoms with Crippen molar-refractivity contribution < 1.29 is 14.2 Å². The maximum Gasteiger partial charge on any atom is 0.157 e. The highest BCUT2D eigenvalue weighted by Crippen LogP contribution is 2.32. The molecule has 2 heterocycles. The fourth-order valence-electron chi connectivity index (χ4n) is 2.57. The second-order valence-corrected chi connectivity index (χ2v) is 5.72. The van der Waals surface area contributed by atoms with Crippen LogP contribution >= 0.6 is 0 Å². The van der Waals surface area contributed by atoms with Gasteiger partial charge in [-0.1, -0.05) is 6.08 Å². The van der Waals surface area contributed by atoms with Gasteiger partial charge in [-0.3, -0.25) is 0 Å². The lowest BCUT2D eigenvalue weighted by atomic mass is 10.00. The minimum atomic E-state index is -0.498. The largest absolute Gasteiger partial charge is 0.480 e. The average molecular weight is 285 g/mol. The molecule has 0 saturated carbocycles. The minimum absolute atomic E-state index is 0.116. The molecule has 2 unspecified atom stereocenters. The molecule has 1 fully saturated rings. The van der Waals surface area contributed by atoms with Gasteiger partial charge in [-0.05, 0) is 50.5 Å². The maximum atomic E-state index is 8.92. The molecule has 21 heavy (non-hydrogen) atoms. The Bertz CT molecular complexity index is 584. The van der Waals surface area contributed by atoms with Crippen LogP contribution in [0.25, 0.3) is 6.08 Å². The molecule has 0 N–H and O–H groups in total. The van der Waals surface area contributed by atoms with E-state index in [0.29, 0.717) is 12.2 Å². The fourth-order valence-corrected chi connectivity index (χ4v) is 2.57. The molecule has 0 bridgehead atoms. The first kappa shape index (κ1) is 14.1. The van der Waals surface area contributed by atoms with E-state index in [1.807, 2.05) is 31.2 Å². The van der Waals surface area contributed by atoms with E-state index in [-0.39, 0.29) is 6.29 Å². The summed E-state index contributed by atoms with van der Waals surface area (Å²) in [6, 6.07) is 7.57. The Balaban J connectivity index is 1.66. The molecule has 4 nitrogen and oxygen atoms in total. The number of benzene rings is 1. The Hall–Kier alpha value is -1.83. The zero-order valence-electron chi connectivity index (χ0n) is 12.2. The van der Waals surface area contributed by atoms with Crippen molar-refractivity contribution in [2.45, 2.75) is 38.1 Å². The Kier molecular flexibility index (Phi) is 3.96. The van der Waals surface area contributed by atoms with Crippen LogP contribution < -0.4 is 4.74 Å². The predicted molar refractivity (Wildman–Crippen MR) is 78.8 cm³/mol. The van der Waals surface area contributed by atoms with Crippen molar-refractivity contribution in [3.05, 3.63) is 35.4 Å². The molecule has 1 saturated heterocycles. The molecule has 0 radical (unpaired) electrons. The van der Waals surface area contributed by atoms with Gasteiger partial charge in [0.2, 0.25) is 0 Å². The standard InChI is InChI=1S/C17H19NO3/c1-17(12-20-16-4-2-3-9-19-16)8-7-14-10-13(11-18)5-6-15(14)21-17/h5-8,10,16H,2-4,9,12H2,1H3. The Morgan fingerprint density at radius 2 is 2.33 bits per heavy atom. The van der Waals surface area contributed by atoms with Gasteiger partial charge in [0.15, 0.2) is 6.29 Å². The number of hydrogen-bond donors (Lipinski definition) is 0. The first-order valence-corrected chi connectivity index (χ1v) is 7.34. The number of nitriles is 1. The number of rotatable bonds is 3. The van der Waals surface area contributed by atoms with E-state index >= 15 is 0 Å². The quantitative estimate of drug-likeness (QED) is 0.855. The van der Waals surface area contributed by atoms with E-state index in [4.69, 9.17) is 19.5 Å². The van der Waals surface area contributed by atoms with Crippen molar-refractivity contribution in [1.29, 1.82) is 5.26 Å². The first-order chi connectivity index (χ1) is 10.2. The van der Waals surface area contributed by atoms with Crippen LogP contribution in [0.2, 0.25) is 0 Å². The van der Waals surface area contributed by atoms with E-state index < -0.39 is 5.60 Å². The monoisotopic (exact) mass is 285 g/mol. The lowest BCUT2D eigenvalue weighted by Gasteiger charge is -2.33. The molecule has 110 valence electrons. The second-order valence-electron chi connectivity index (χ2n) is 5.72. The Morgan fingerprint density at radius 3 is 3.10 bits per heavy atom. The summed E-state index contributed by atoms with van der Waals surface area (Å²) in [5.74, 6) is 0.784. The van der Waals surface area contributed by atoms with Crippen molar-refractivity contribution >= 4 is 6.08 Å². The minimum Gasteiger partial charge on any atom is -0.480 e. The van der Waals surface area contributed by atoms with E-state index in [9.17, 15) is 0 Å². The lowest BCUT2D eigenvalue weighted by Crippen LogP contribution is -2.39. The van der Waals surface area contributed by atoms with E-state index in [0.717, 1.165) is 37.2 Å². The van der Waals surface area contributed by atoms with Gasteiger partial charge in [-0.25, -0.2) is 0 Å². The average Bonchev–Trinajstić information content (AvgIpc) is 2.53. The summed E-state index contributed by atoms with van der Waals surface area (Å²) >= 11 is 0. The van der Waals surface area contributed by atoms with Gasteiger partial charge in [0.05, 0.1) is 18.2 Å². The van der Waals surface area contributed by atoms with Gasteiger partial charge in [0.1, 0.15) is 11.4 Å². The predicted octanol–water partition coefficient (Wildman–Crippen LogP) is 3.27. The molecular weight excluding hydrogens is 266 g/mol. The summed E-state index contributed by atoms with van der Waals surface area (Å²) in [7, 11) is 0. The fraction of sp³-hybridized carbons (Fsp3) is 0.471. The summed E-state index contributed by atoms with van der Waals surface area (Å²) in [4.78, 5) is 0. The van der Waals surface area contributed by atoms with Crippen LogP contribution in [0.1, 0.15) is 37.3 Å². The summed E-state index contributed by atoms with van der Waals surface area (Å²) in [5.41, 5.74) is 1.07. The van der Waals surface area contributed by atoms with Crippen LogP contribution in [0.5, 0.6) is 5.75 Å². The van der Waals surface area contributed by atoms with E-state index in [1.54, 1.807) is 6.07 Å². The first-order valence-electron chi connectivity index (χ1n) is 7.34. The molecule has 1 aromatic rings. The van der Waals surface area contributed by atoms with Gasteiger partial charge >= 0.3 is 0 Å². The summed E-state index contributed by atoms with van der Waals surface area (Å²) in [5, 5.41) is 8.92.